The fourth-order valence-corrected chi connectivity index (χ4v) is 1.25. The van der Waals surface area contributed by atoms with E-state index in [0.29, 0.717) is 0 Å². The molecule has 4 N–H and O–H groups in total. The van der Waals surface area contributed by atoms with Crippen LogP contribution in [-0.2, 0) is 4.79 Å². The van der Waals surface area contributed by atoms with Gasteiger partial charge in [0.1, 0.15) is 0 Å². The Kier molecular flexibility index (Phi) is 1.92. The lowest BCUT2D eigenvalue weighted by molar-refractivity contribution is -0.126. The minimum atomic E-state index is -0.422. The Bertz CT molecular complexity index is 140. The molecule has 0 aliphatic carbocycles. The van der Waals surface area contributed by atoms with Gasteiger partial charge >= 0.3 is 0 Å². The molecule has 1 amide bonds. The predicted molar refractivity (Wildman–Crippen MR) is 38.0 cm³/mol. The second-order valence-electron chi connectivity index (χ2n) is 2.84. The maximum atomic E-state index is 11.0. The molecular formula is C6H13N3O. The van der Waals surface area contributed by atoms with Gasteiger partial charge in [0.2, 0.25) is 0 Å². The fourth-order valence-electron chi connectivity index (χ4n) is 1.25. The van der Waals surface area contributed by atoms with Crippen molar-refractivity contribution in [1.29, 1.82) is 0 Å². The third-order valence-electron chi connectivity index (χ3n) is 2.00. The van der Waals surface area contributed by atoms with Crippen molar-refractivity contribution in [2.75, 3.05) is 6.54 Å². The molecule has 4 heteroatoms. The van der Waals surface area contributed by atoms with Crippen molar-refractivity contribution in [3.05, 3.63) is 0 Å². The number of nitrogens with two attached hydrogens (primary N) is 1. The first-order valence-corrected chi connectivity index (χ1v) is 3.45. The molecule has 1 saturated heterocycles. The number of hydrogen-bond donors (Lipinski definition) is 3. The van der Waals surface area contributed by atoms with Gasteiger partial charge in [-0.25, -0.2) is 5.84 Å². The zero-order valence-corrected chi connectivity index (χ0v) is 6.11. The summed E-state index contributed by atoms with van der Waals surface area (Å²) in [7, 11) is 0. The van der Waals surface area contributed by atoms with Gasteiger partial charge in [0, 0.05) is 0 Å². The van der Waals surface area contributed by atoms with E-state index >= 15 is 0 Å². The van der Waals surface area contributed by atoms with Gasteiger partial charge in [-0.1, -0.05) is 0 Å². The molecule has 0 radical (unpaired) electrons. The highest BCUT2D eigenvalue weighted by Gasteiger charge is 2.35. The molecule has 58 valence electrons. The van der Waals surface area contributed by atoms with Gasteiger partial charge in [-0.15, -0.1) is 0 Å². The highest BCUT2D eigenvalue weighted by atomic mass is 16.2. The molecule has 0 unspecified atom stereocenters. The number of carbonyl (C=O) groups excluding carboxylic acids is 1. The maximum absolute atomic E-state index is 11.0. The molecule has 1 atom stereocenters. The van der Waals surface area contributed by atoms with Gasteiger partial charge in [0.25, 0.3) is 5.91 Å². The van der Waals surface area contributed by atoms with Crippen LogP contribution < -0.4 is 16.6 Å². The van der Waals surface area contributed by atoms with E-state index in [4.69, 9.17) is 5.84 Å². The predicted octanol–water partition coefficient (Wildman–Crippen LogP) is -0.882. The number of carbonyl (C=O) groups is 1. The Labute approximate surface area is 60.1 Å². The molecule has 0 aromatic rings. The lowest BCUT2D eigenvalue weighted by atomic mass is 10.00. The largest absolute Gasteiger partial charge is 0.304 e. The van der Waals surface area contributed by atoms with Crippen LogP contribution in [0.3, 0.4) is 0 Å². The Morgan fingerprint density at radius 3 is 2.90 bits per heavy atom. The molecule has 0 spiro atoms. The lowest BCUT2D eigenvalue weighted by Crippen LogP contribution is -2.53. The SMILES string of the molecule is C[C@@]1(C(=O)NN)CCCN1. The average molecular weight is 143 g/mol. The van der Waals surface area contributed by atoms with Gasteiger partial charge in [-0.05, 0) is 26.3 Å². The molecule has 1 heterocycles. The first-order valence-electron chi connectivity index (χ1n) is 3.45. The van der Waals surface area contributed by atoms with Crippen molar-refractivity contribution < 1.29 is 4.79 Å². The van der Waals surface area contributed by atoms with Crippen molar-refractivity contribution in [3.63, 3.8) is 0 Å². The van der Waals surface area contributed by atoms with E-state index < -0.39 is 5.54 Å². The van der Waals surface area contributed by atoms with E-state index in [2.05, 4.69) is 10.7 Å². The Morgan fingerprint density at radius 1 is 1.80 bits per heavy atom. The summed E-state index contributed by atoms with van der Waals surface area (Å²) in [4.78, 5) is 11.0. The van der Waals surface area contributed by atoms with Crippen LogP contribution in [0.15, 0.2) is 0 Å². The average Bonchev–Trinajstić information content (AvgIpc) is 2.36. The summed E-state index contributed by atoms with van der Waals surface area (Å²) >= 11 is 0. The molecule has 0 bridgehead atoms. The third-order valence-corrected chi connectivity index (χ3v) is 2.00. The fraction of sp³-hybridized carbons (Fsp3) is 0.833. The number of amides is 1. The monoisotopic (exact) mass is 143 g/mol. The Hall–Kier alpha value is -0.610. The van der Waals surface area contributed by atoms with Gasteiger partial charge < -0.3 is 5.32 Å². The molecule has 1 fully saturated rings. The van der Waals surface area contributed by atoms with Gasteiger partial charge in [0.15, 0.2) is 0 Å². The topological polar surface area (TPSA) is 67.2 Å². The van der Waals surface area contributed by atoms with Crippen molar-refractivity contribution in [1.82, 2.24) is 10.7 Å². The Balaban J connectivity index is 2.58. The van der Waals surface area contributed by atoms with Crippen LogP contribution in [0.4, 0.5) is 0 Å². The van der Waals surface area contributed by atoms with Crippen LogP contribution in [0.25, 0.3) is 0 Å². The van der Waals surface area contributed by atoms with E-state index in [9.17, 15) is 4.79 Å². The Morgan fingerprint density at radius 2 is 2.50 bits per heavy atom. The summed E-state index contributed by atoms with van der Waals surface area (Å²) in [6, 6.07) is 0. The van der Waals surface area contributed by atoms with Crippen LogP contribution in [0.1, 0.15) is 19.8 Å². The molecule has 10 heavy (non-hydrogen) atoms. The van der Waals surface area contributed by atoms with Gasteiger partial charge in [-0.2, -0.15) is 0 Å². The normalized spacial score (nSPS) is 32.2. The van der Waals surface area contributed by atoms with Crippen molar-refractivity contribution in [2.24, 2.45) is 5.84 Å². The molecule has 1 aliphatic heterocycles. The van der Waals surface area contributed by atoms with E-state index in [-0.39, 0.29) is 5.91 Å². The van der Waals surface area contributed by atoms with E-state index in [1.165, 1.54) is 0 Å². The van der Waals surface area contributed by atoms with Crippen LogP contribution in [0.2, 0.25) is 0 Å². The number of hydrogen-bond acceptors (Lipinski definition) is 3. The van der Waals surface area contributed by atoms with Crippen molar-refractivity contribution in [2.45, 2.75) is 25.3 Å². The maximum Gasteiger partial charge on any atom is 0.253 e. The van der Waals surface area contributed by atoms with E-state index in [1.807, 2.05) is 6.92 Å². The summed E-state index contributed by atoms with van der Waals surface area (Å²) in [6.07, 6.45) is 1.92. The first-order chi connectivity index (χ1) is 4.69. The minimum absolute atomic E-state index is 0.120. The summed E-state index contributed by atoms with van der Waals surface area (Å²) in [5.74, 6) is 4.88. The van der Waals surface area contributed by atoms with Crippen LogP contribution in [-0.4, -0.2) is 18.0 Å². The minimum Gasteiger partial charge on any atom is -0.304 e. The van der Waals surface area contributed by atoms with E-state index in [1.54, 1.807) is 0 Å². The molecule has 0 aromatic carbocycles. The zero-order chi connectivity index (χ0) is 7.61. The highest BCUT2D eigenvalue weighted by molar-refractivity contribution is 5.85. The number of rotatable bonds is 1. The van der Waals surface area contributed by atoms with Crippen LogP contribution in [0.5, 0.6) is 0 Å². The lowest BCUT2D eigenvalue weighted by Gasteiger charge is -2.20. The number of hydrazine groups is 1. The number of nitrogens with one attached hydrogen (secondary N) is 2. The molecule has 1 aliphatic rings. The molecule has 4 nitrogen and oxygen atoms in total. The standard InChI is InChI=1S/C6H13N3O/c1-6(5(10)9-7)3-2-4-8-6/h8H,2-4,7H2,1H3,(H,9,10)/t6-/m0/s1. The summed E-state index contributed by atoms with van der Waals surface area (Å²) in [5, 5.41) is 3.09. The van der Waals surface area contributed by atoms with Gasteiger partial charge in [0.05, 0.1) is 5.54 Å². The molecule has 0 aromatic heterocycles. The van der Waals surface area contributed by atoms with Crippen molar-refractivity contribution >= 4 is 5.91 Å². The molecular weight excluding hydrogens is 130 g/mol. The van der Waals surface area contributed by atoms with Crippen LogP contribution >= 0.6 is 0 Å². The summed E-state index contributed by atoms with van der Waals surface area (Å²) in [6.45, 7) is 2.77. The third kappa shape index (κ3) is 1.12. The van der Waals surface area contributed by atoms with E-state index in [0.717, 1.165) is 19.4 Å². The smallest absolute Gasteiger partial charge is 0.253 e. The van der Waals surface area contributed by atoms with Crippen LogP contribution in [0, 0.1) is 0 Å². The molecule has 0 saturated carbocycles. The second kappa shape index (κ2) is 2.56. The second-order valence-corrected chi connectivity index (χ2v) is 2.84. The summed E-state index contributed by atoms with van der Waals surface area (Å²) in [5.41, 5.74) is 1.72. The first kappa shape index (κ1) is 7.50. The molecule has 1 rings (SSSR count). The zero-order valence-electron chi connectivity index (χ0n) is 6.11. The van der Waals surface area contributed by atoms with Gasteiger partial charge in [-0.3, -0.25) is 10.2 Å². The van der Waals surface area contributed by atoms with Crippen molar-refractivity contribution in [3.8, 4) is 0 Å². The quantitative estimate of drug-likeness (QED) is 0.253. The summed E-state index contributed by atoms with van der Waals surface area (Å²) < 4.78 is 0. The highest BCUT2D eigenvalue weighted by Crippen LogP contribution is 2.17.